The summed E-state index contributed by atoms with van der Waals surface area (Å²) in [6.45, 7) is 0. The van der Waals surface area contributed by atoms with Gasteiger partial charge in [-0.15, -0.1) is 0 Å². The van der Waals surface area contributed by atoms with Crippen molar-refractivity contribution in [2.45, 2.75) is 48.8 Å². The first kappa shape index (κ1) is 13.5. The molecule has 3 rings (SSSR count). The Hall–Kier alpha value is -0.430. The van der Waals surface area contributed by atoms with Crippen molar-refractivity contribution in [1.29, 1.82) is 0 Å². The van der Waals surface area contributed by atoms with Gasteiger partial charge in [0.05, 0.1) is 11.0 Å². The van der Waals surface area contributed by atoms with Crippen LogP contribution in [0.1, 0.15) is 25.7 Å². The van der Waals surface area contributed by atoms with Gasteiger partial charge in [0.25, 0.3) is 0 Å². The molecule has 19 heavy (non-hydrogen) atoms. The molecule has 6 heteroatoms. The molecule has 2 heterocycles. The number of nitrogens with zero attached hydrogens (tertiary/aromatic N) is 1. The first-order chi connectivity index (χ1) is 8.98. The summed E-state index contributed by atoms with van der Waals surface area (Å²) in [7, 11) is -3.44. The van der Waals surface area contributed by atoms with E-state index in [1.165, 1.54) is 0 Å². The van der Waals surface area contributed by atoms with Crippen molar-refractivity contribution in [2.24, 2.45) is 0 Å². The average Bonchev–Trinajstić information content (AvgIpc) is 2.64. The lowest BCUT2D eigenvalue weighted by Crippen LogP contribution is -2.47. The number of hydrogen-bond donors (Lipinski definition) is 1. The highest BCUT2D eigenvalue weighted by Gasteiger charge is 2.46. The van der Waals surface area contributed by atoms with E-state index in [1.807, 2.05) is 0 Å². The SMILES string of the molecule is O=S(=O)(c1ccc(Br)cc1)N1C2CCC1CC(O)C2. The highest BCUT2D eigenvalue weighted by molar-refractivity contribution is 9.10. The van der Waals surface area contributed by atoms with Crippen molar-refractivity contribution in [2.75, 3.05) is 0 Å². The van der Waals surface area contributed by atoms with Gasteiger partial charge >= 0.3 is 0 Å². The molecule has 2 unspecified atom stereocenters. The van der Waals surface area contributed by atoms with E-state index in [9.17, 15) is 13.5 Å². The quantitative estimate of drug-likeness (QED) is 0.893. The van der Waals surface area contributed by atoms with Crippen LogP contribution >= 0.6 is 15.9 Å². The Bertz CT molecular complexity index is 558. The highest BCUT2D eigenvalue weighted by atomic mass is 79.9. The van der Waals surface area contributed by atoms with Gasteiger partial charge in [0.1, 0.15) is 0 Å². The Morgan fingerprint density at radius 3 is 2.16 bits per heavy atom. The van der Waals surface area contributed by atoms with E-state index in [0.717, 1.165) is 17.3 Å². The molecule has 1 aromatic carbocycles. The Morgan fingerprint density at radius 2 is 1.63 bits per heavy atom. The van der Waals surface area contributed by atoms with Gasteiger partial charge in [-0.1, -0.05) is 15.9 Å². The molecule has 0 spiro atoms. The predicted octanol–water partition coefficient (Wildman–Crippen LogP) is 2.13. The van der Waals surface area contributed by atoms with Crippen LogP contribution in [-0.4, -0.2) is 36.0 Å². The number of sulfonamides is 1. The fourth-order valence-corrected chi connectivity index (χ4v) is 5.38. The fourth-order valence-electron chi connectivity index (χ4n) is 3.23. The predicted molar refractivity (Wildman–Crippen MR) is 75.2 cm³/mol. The van der Waals surface area contributed by atoms with Crippen molar-refractivity contribution in [1.82, 2.24) is 4.31 Å². The molecule has 2 atom stereocenters. The van der Waals surface area contributed by atoms with Crippen molar-refractivity contribution in [3.63, 3.8) is 0 Å². The molecule has 1 N–H and O–H groups in total. The lowest BCUT2D eigenvalue weighted by Gasteiger charge is -2.36. The van der Waals surface area contributed by atoms with E-state index in [4.69, 9.17) is 0 Å². The minimum absolute atomic E-state index is 0.0394. The van der Waals surface area contributed by atoms with Gasteiger partial charge in [-0.3, -0.25) is 0 Å². The molecule has 2 aliphatic heterocycles. The van der Waals surface area contributed by atoms with E-state index in [1.54, 1.807) is 28.6 Å². The summed E-state index contributed by atoms with van der Waals surface area (Å²) < 4.78 is 27.9. The second kappa shape index (κ2) is 4.84. The topological polar surface area (TPSA) is 57.6 Å². The third kappa shape index (κ3) is 2.35. The second-order valence-electron chi connectivity index (χ2n) is 5.30. The number of rotatable bonds is 2. The number of aliphatic hydroxyl groups excluding tert-OH is 1. The summed E-state index contributed by atoms with van der Waals surface area (Å²) in [5.74, 6) is 0. The standard InChI is InChI=1S/C13H16BrNO3S/c14-9-1-5-13(6-2-9)19(17,18)15-10-3-4-11(15)8-12(16)7-10/h1-2,5-6,10-12,16H,3-4,7-8H2. The summed E-state index contributed by atoms with van der Waals surface area (Å²) in [5, 5.41) is 9.75. The molecule has 104 valence electrons. The molecule has 0 aromatic heterocycles. The van der Waals surface area contributed by atoms with E-state index < -0.39 is 10.0 Å². The fraction of sp³-hybridized carbons (Fsp3) is 0.538. The third-order valence-corrected chi connectivity index (χ3v) is 6.58. The van der Waals surface area contributed by atoms with Gasteiger partial charge in [0, 0.05) is 16.6 Å². The maximum atomic E-state index is 12.7. The summed E-state index contributed by atoms with van der Waals surface area (Å²) in [5.41, 5.74) is 0. The number of aliphatic hydroxyl groups is 1. The van der Waals surface area contributed by atoms with Crippen molar-refractivity contribution < 1.29 is 13.5 Å². The summed E-state index contributed by atoms with van der Waals surface area (Å²) in [6, 6.07) is 6.67. The Labute approximate surface area is 121 Å². The third-order valence-electron chi connectivity index (χ3n) is 4.03. The van der Waals surface area contributed by atoms with Gasteiger partial charge in [0.2, 0.25) is 10.0 Å². The minimum atomic E-state index is -3.44. The molecule has 0 saturated carbocycles. The van der Waals surface area contributed by atoms with Crippen LogP contribution in [0.25, 0.3) is 0 Å². The van der Waals surface area contributed by atoms with Crippen LogP contribution < -0.4 is 0 Å². The normalized spacial score (nSPS) is 31.6. The molecular weight excluding hydrogens is 330 g/mol. The summed E-state index contributed by atoms with van der Waals surface area (Å²) in [6.07, 6.45) is 2.49. The number of benzene rings is 1. The Balaban J connectivity index is 1.95. The van der Waals surface area contributed by atoms with Gasteiger partial charge in [-0.05, 0) is 49.9 Å². The maximum Gasteiger partial charge on any atom is 0.243 e. The lowest BCUT2D eigenvalue weighted by molar-refractivity contribution is 0.0769. The zero-order valence-electron chi connectivity index (χ0n) is 10.4. The van der Waals surface area contributed by atoms with Crippen LogP contribution in [0, 0.1) is 0 Å². The zero-order valence-corrected chi connectivity index (χ0v) is 12.8. The first-order valence-corrected chi connectivity index (χ1v) is 8.69. The van der Waals surface area contributed by atoms with E-state index in [2.05, 4.69) is 15.9 Å². The average molecular weight is 346 g/mol. The number of piperidine rings is 1. The van der Waals surface area contributed by atoms with Gasteiger partial charge < -0.3 is 5.11 Å². The number of fused-ring (bicyclic) bond motifs is 2. The van der Waals surface area contributed by atoms with Crippen LogP contribution in [0.4, 0.5) is 0 Å². The molecule has 0 amide bonds. The van der Waals surface area contributed by atoms with Gasteiger partial charge in [-0.2, -0.15) is 4.31 Å². The van der Waals surface area contributed by atoms with Gasteiger partial charge in [-0.25, -0.2) is 8.42 Å². The van der Waals surface area contributed by atoms with Gasteiger partial charge in [0.15, 0.2) is 0 Å². The lowest BCUT2D eigenvalue weighted by atomic mass is 10.0. The monoisotopic (exact) mass is 345 g/mol. The van der Waals surface area contributed by atoms with Crippen LogP contribution in [0.3, 0.4) is 0 Å². The summed E-state index contributed by atoms with van der Waals surface area (Å²) in [4.78, 5) is 0.337. The van der Waals surface area contributed by atoms with Crippen molar-refractivity contribution in [3.05, 3.63) is 28.7 Å². The molecule has 2 aliphatic rings. The first-order valence-electron chi connectivity index (χ1n) is 6.45. The highest BCUT2D eigenvalue weighted by Crippen LogP contribution is 2.39. The second-order valence-corrected chi connectivity index (χ2v) is 8.06. The zero-order chi connectivity index (χ0) is 13.6. The maximum absolute atomic E-state index is 12.7. The Morgan fingerprint density at radius 1 is 1.11 bits per heavy atom. The minimum Gasteiger partial charge on any atom is -0.393 e. The number of hydrogen-bond acceptors (Lipinski definition) is 3. The molecular formula is C13H16BrNO3S. The van der Waals surface area contributed by atoms with Crippen molar-refractivity contribution >= 4 is 26.0 Å². The van der Waals surface area contributed by atoms with E-state index in [0.29, 0.717) is 17.7 Å². The Kier molecular flexibility index (Phi) is 3.45. The van der Waals surface area contributed by atoms with Crippen molar-refractivity contribution in [3.8, 4) is 0 Å². The van der Waals surface area contributed by atoms with Crippen LogP contribution in [-0.2, 0) is 10.0 Å². The number of halogens is 1. The molecule has 0 radical (unpaired) electrons. The largest absolute Gasteiger partial charge is 0.393 e. The molecule has 0 aliphatic carbocycles. The van der Waals surface area contributed by atoms with E-state index in [-0.39, 0.29) is 18.2 Å². The van der Waals surface area contributed by atoms with Crippen LogP contribution in [0.2, 0.25) is 0 Å². The smallest absolute Gasteiger partial charge is 0.243 e. The van der Waals surface area contributed by atoms with Crippen LogP contribution in [0.5, 0.6) is 0 Å². The summed E-state index contributed by atoms with van der Waals surface area (Å²) >= 11 is 3.31. The van der Waals surface area contributed by atoms with E-state index >= 15 is 0 Å². The molecule has 2 saturated heterocycles. The van der Waals surface area contributed by atoms with Crippen LogP contribution in [0.15, 0.2) is 33.6 Å². The molecule has 2 fully saturated rings. The molecule has 4 nitrogen and oxygen atoms in total. The molecule has 2 bridgehead atoms. The molecule has 1 aromatic rings.